The van der Waals surface area contributed by atoms with E-state index in [1.54, 1.807) is 30.3 Å². The molecule has 0 bridgehead atoms. The smallest absolute Gasteiger partial charge is 0.221 e. The lowest BCUT2D eigenvalue weighted by Crippen LogP contribution is -2.29. The van der Waals surface area contributed by atoms with Gasteiger partial charge in [-0.25, -0.2) is 0 Å². The molecule has 2 atom stereocenters. The summed E-state index contributed by atoms with van der Waals surface area (Å²) >= 11 is 5.81. The summed E-state index contributed by atoms with van der Waals surface area (Å²) in [4.78, 5) is 12.1. The Morgan fingerprint density at radius 1 is 1.13 bits per heavy atom. The van der Waals surface area contributed by atoms with Crippen LogP contribution in [0.3, 0.4) is 0 Å². The predicted molar refractivity (Wildman–Crippen MR) is 93.4 cm³/mol. The van der Waals surface area contributed by atoms with Crippen LogP contribution in [0, 0.1) is 0 Å². The second-order valence-corrected chi connectivity index (χ2v) is 5.76. The third-order valence-electron chi connectivity index (χ3n) is 3.66. The topological polar surface area (TPSA) is 49.3 Å². The molecular formula is C19H20ClNO2. The second-order valence-electron chi connectivity index (χ2n) is 5.33. The molecule has 120 valence electrons. The average Bonchev–Trinajstić information content (AvgIpc) is 2.59. The lowest BCUT2D eigenvalue weighted by atomic mass is 9.95. The van der Waals surface area contributed by atoms with Gasteiger partial charge >= 0.3 is 0 Å². The molecule has 0 saturated carbocycles. The van der Waals surface area contributed by atoms with Crippen LogP contribution in [-0.2, 0) is 4.79 Å². The molecule has 2 aromatic rings. The Bertz CT molecular complexity index is 640. The van der Waals surface area contributed by atoms with Crippen molar-refractivity contribution in [2.45, 2.75) is 18.4 Å². The van der Waals surface area contributed by atoms with Crippen molar-refractivity contribution >= 4 is 17.5 Å². The molecule has 0 fully saturated rings. The lowest BCUT2D eigenvalue weighted by Gasteiger charge is -2.15. The first-order chi connectivity index (χ1) is 11.1. The first-order valence-corrected chi connectivity index (χ1v) is 7.85. The number of amides is 1. The number of hydrogen-bond acceptors (Lipinski definition) is 2. The fraction of sp³-hybridized carbons (Fsp3) is 0.211. The van der Waals surface area contributed by atoms with E-state index in [0.29, 0.717) is 11.4 Å². The van der Waals surface area contributed by atoms with Gasteiger partial charge in [-0.15, -0.1) is 6.58 Å². The zero-order valence-corrected chi connectivity index (χ0v) is 13.5. The van der Waals surface area contributed by atoms with Crippen molar-refractivity contribution in [1.29, 1.82) is 0 Å². The van der Waals surface area contributed by atoms with Crippen molar-refractivity contribution in [3.63, 3.8) is 0 Å². The molecule has 0 aromatic heterocycles. The van der Waals surface area contributed by atoms with E-state index in [0.717, 1.165) is 11.1 Å². The van der Waals surface area contributed by atoms with Gasteiger partial charge in [0.15, 0.2) is 0 Å². The Morgan fingerprint density at radius 3 is 2.39 bits per heavy atom. The summed E-state index contributed by atoms with van der Waals surface area (Å²) in [5.41, 5.74) is 1.77. The maximum absolute atomic E-state index is 12.1. The molecule has 23 heavy (non-hydrogen) atoms. The third-order valence-corrected chi connectivity index (χ3v) is 3.92. The molecule has 2 aromatic carbocycles. The highest BCUT2D eigenvalue weighted by Gasteiger charge is 2.14. The molecule has 0 heterocycles. The minimum atomic E-state index is -0.755. The quantitative estimate of drug-likeness (QED) is 0.758. The summed E-state index contributed by atoms with van der Waals surface area (Å²) in [6.45, 7) is 3.97. The van der Waals surface area contributed by atoms with E-state index in [2.05, 4.69) is 11.9 Å². The molecule has 0 aliphatic rings. The first-order valence-electron chi connectivity index (χ1n) is 7.48. The Balaban J connectivity index is 1.86. The summed E-state index contributed by atoms with van der Waals surface area (Å²) in [6, 6.07) is 16.7. The van der Waals surface area contributed by atoms with E-state index in [1.807, 2.05) is 30.3 Å². The summed E-state index contributed by atoms with van der Waals surface area (Å²) < 4.78 is 0. The number of hydrogen-bond donors (Lipinski definition) is 2. The van der Waals surface area contributed by atoms with Crippen LogP contribution in [0.5, 0.6) is 0 Å². The van der Waals surface area contributed by atoms with Crippen molar-refractivity contribution in [1.82, 2.24) is 5.32 Å². The number of rotatable bonds is 7. The monoisotopic (exact) mass is 329 g/mol. The first kappa shape index (κ1) is 17.3. The molecular weight excluding hydrogens is 310 g/mol. The Kier molecular flexibility index (Phi) is 6.39. The van der Waals surface area contributed by atoms with Crippen molar-refractivity contribution in [2.24, 2.45) is 0 Å². The largest absolute Gasteiger partial charge is 0.387 e. The fourth-order valence-electron chi connectivity index (χ4n) is 2.32. The predicted octanol–water partition coefficient (Wildman–Crippen LogP) is 3.85. The number of allylic oxidation sites excluding steroid dienone is 1. The second kappa shape index (κ2) is 8.51. The van der Waals surface area contributed by atoms with Crippen molar-refractivity contribution in [3.8, 4) is 0 Å². The van der Waals surface area contributed by atoms with Crippen LogP contribution in [-0.4, -0.2) is 17.6 Å². The average molecular weight is 330 g/mol. The van der Waals surface area contributed by atoms with E-state index >= 15 is 0 Å². The van der Waals surface area contributed by atoms with Crippen molar-refractivity contribution < 1.29 is 9.90 Å². The number of benzene rings is 2. The lowest BCUT2D eigenvalue weighted by molar-refractivity contribution is -0.121. The van der Waals surface area contributed by atoms with E-state index in [-0.39, 0.29) is 18.4 Å². The molecule has 1 amide bonds. The molecule has 2 N–H and O–H groups in total. The van der Waals surface area contributed by atoms with Crippen LogP contribution in [0.25, 0.3) is 0 Å². The van der Waals surface area contributed by atoms with Crippen LogP contribution in [0.4, 0.5) is 0 Å². The normalized spacial score (nSPS) is 13.1. The van der Waals surface area contributed by atoms with Gasteiger partial charge in [0.2, 0.25) is 5.91 Å². The highest BCUT2D eigenvalue weighted by molar-refractivity contribution is 6.30. The van der Waals surface area contributed by atoms with Gasteiger partial charge in [-0.2, -0.15) is 0 Å². The van der Waals surface area contributed by atoms with Gasteiger partial charge in [-0.05, 0) is 23.3 Å². The maximum Gasteiger partial charge on any atom is 0.221 e. The van der Waals surface area contributed by atoms with Gasteiger partial charge in [0, 0.05) is 23.9 Å². The molecule has 0 aliphatic heterocycles. The molecule has 2 rings (SSSR count). The highest BCUT2D eigenvalue weighted by atomic mass is 35.5. The zero-order valence-electron chi connectivity index (χ0n) is 12.8. The van der Waals surface area contributed by atoms with Crippen LogP contribution in [0.15, 0.2) is 67.3 Å². The summed E-state index contributed by atoms with van der Waals surface area (Å²) in [5, 5.41) is 13.5. The number of aliphatic hydroxyl groups excluding tert-OH is 1. The van der Waals surface area contributed by atoms with Gasteiger partial charge in [0.25, 0.3) is 0 Å². The molecule has 3 nitrogen and oxygen atoms in total. The van der Waals surface area contributed by atoms with Gasteiger partial charge in [0.1, 0.15) is 0 Å². The molecule has 0 radical (unpaired) electrons. The maximum atomic E-state index is 12.1. The molecule has 0 spiro atoms. The van der Waals surface area contributed by atoms with Crippen molar-refractivity contribution in [3.05, 3.63) is 83.4 Å². The SMILES string of the molecule is C=CC(CC(=O)NCC(O)c1ccc(Cl)cc1)c1ccccc1. The Hall–Kier alpha value is -2.10. The van der Waals surface area contributed by atoms with Gasteiger partial charge in [-0.3, -0.25) is 4.79 Å². The van der Waals surface area contributed by atoms with Crippen LogP contribution in [0.1, 0.15) is 29.6 Å². The summed E-state index contributed by atoms with van der Waals surface area (Å²) in [5.74, 6) is -0.157. The van der Waals surface area contributed by atoms with E-state index < -0.39 is 6.10 Å². The van der Waals surface area contributed by atoms with E-state index in [4.69, 9.17) is 11.6 Å². The minimum absolute atomic E-state index is 0.0381. The van der Waals surface area contributed by atoms with Gasteiger partial charge < -0.3 is 10.4 Å². The molecule has 0 aliphatic carbocycles. The van der Waals surface area contributed by atoms with Crippen LogP contribution >= 0.6 is 11.6 Å². The van der Waals surface area contributed by atoms with E-state index in [9.17, 15) is 9.90 Å². The minimum Gasteiger partial charge on any atom is -0.387 e. The standard InChI is InChI=1S/C19H20ClNO2/c1-2-14(15-6-4-3-5-7-15)12-19(23)21-13-18(22)16-8-10-17(20)11-9-16/h2-11,14,18,22H,1,12-13H2,(H,21,23). The number of nitrogens with one attached hydrogen (secondary N) is 1. The third kappa shape index (κ3) is 5.23. The number of carbonyl (C=O) groups excluding carboxylic acids is 1. The Morgan fingerprint density at radius 2 is 1.78 bits per heavy atom. The van der Waals surface area contributed by atoms with Crippen LogP contribution < -0.4 is 5.32 Å². The molecule has 2 unspecified atom stereocenters. The van der Waals surface area contributed by atoms with Crippen LogP contribution in [0.2, 0.25) is 5.02 Å². The van der Waals surface area contributed by atoms with E-state index in [1.165, 1.54) is 0 Å². The molecule has 0 saturated heterocycles. The number of carbonyl (C=O) groups is 1. The highest BCUT2D eigenvalue weighted by Crippen LogP contribution is 2.20. The van der Waals surface area contributed by atoms with Gasteiger partial charge in [-0.1, -0.05) is 60.1 Å². The fourth-order valence-corrected chi connectivity index (χ4v) is 2.45. The number of halogens is 1. The zero-order chi connectivity index (χ0) is 16.7. The Labute approximate surface area is 141 Å². The number of aliphatic hydroxyl groups is 1. The summed E-state index contributed by atoms with van der Waals surface area (Å²) in [6.07, 6.45) is 1.32. The summed E-state index contributed by atoms with van der Waals surface area (Å²) in [7, 11) is 0. The molecule has 4 heteroatoms. The van der Waals surface area contributed by atoms with Gasteiger partial charge in [0.05, 0.1) is 6.10 Å². The van der Waals surface area contributed by atoms with Crippen molar-refractivity contribution in [2.75, 3.05) is 6.54 Å².